The van der Waals surface area contributed by atoms with Crippen LogP contribution in [-0.2, 0) is 0 Å². The molecule has 0 heterocycles. The highest BCUT2D eigenvalue weighted by Crippen LogP contribution is 2.29. The van der Waals surface area contributed by atoms with E-state index in [1.807, 2.05) is 30.3 Å². The van der Waals surface area contributed by atoms with Crippen LogP contribution in [0.2, 0.25) is 0 Å². The predicted molar refractivity (Wildman–Crippen MR) is 105 cm³/mol. The van der Waals surface area contributed by atoms with Crippen molar-refractivity contribution in [1.29, 1.82) is 0 Å². The van der Waals surface area contributed by atoms with Crippen LogP contribution in [0.5, 0.6) is 11.5 Å². The zero-order valence-corrected chi connectivity index (χ0v) is 15.6. The quantitative estimate of drug-likeness (QED) is 0.623. The van der Waals surface area contributed by atoms with E-state index in [0.717, 1.165) is 17.4 Å². The summed E-state index contributed by atoms with van der Waals surface area (Å²) in [4.78, 5) is 0. The Bertz CT molecular complexity index is 622. The van der Waals surface area contributed by atoms with Crippen LogP contribution in [0.25, 0.3) is 0 Å². The molecule has 0 aliphatic heterocycles. The van der Waals surface area contributed by atoms with Gasteiger partial charge in [-0.1, -0.05) is 63.4 Å². The van der Waals surface area contributed by atoms with E-state index in [4.69, 9.17) is 4.74 Å². The predicted octanol–water partition coefficient (Wildman–Crippen LogP) is 6.49. The number of ether oxygens (including phenoxy) is 1. The third-order valence-electron chi connectivity index (χ3n) is 5.37. The largest absolute Gasteiger partial charge is 0.457 e. The van der Waals surface area contributed by atoms with Crippen LogP contribution >= 0.6 is 0 Å². The molecule has 1 aliphatic carbocycles. The summed E-state index contributed by atoms with van der Waals surface area (Å²) >= 11 is 0. The minimum Gasteiger partial charge on any atom is -0.457 e. The summed E-state index contributed by atoms with van der Waals surface area (Å²) in [5.41, 5.74) is 1.38. The summed E-state index contributed by atoms with van der Waals surface area (Å²) in [5, 5.41) is 3.95. The fraction of sp³-hybridized carbons (Fsp3) is 0.478. The molecular weight excluding hydrogens is 306 g/mol. The third-order valence-corrected chi connectivity index (χ3v) is 5.37. The molecule has 0 aromatic heterocycles. The number of hydrogen-bond acceptors (Lipinski definition) is 2. The van der Waals surface area contributed by atoms with Crippen LogP contribution in [0.4, 0.5) is 0 Å². The highest BCUT2D eigenvalue weighted by Gasteiger charge is 2.24. The summed E-state index contributed by atoms with van der Waals surface area (Å²) in [5.74, 6) is 2.57. The van der Waals surface area contributed by atoms with Gasteiger partial charge in [-0.25, -0.2) is 0 Å². The van der Waals surface area contributed by atoms with Gasteiger partial charge in [0.2, 0.25) is 0 Å². The lowest BCUT2D eigenvalue weighted by Gasteiger charge is -2.33. The maximum Gasteiger partial charge on any atom is 0.127 e. The highest BCUT2D eigenvalue weighted by molar-refractivity contribution is 5.34. The van der Waals surface area contributed by atoms with Gasteiger partial charge < -0.3 is 10.1 Å². The van der Waals surface area contributed by atoms with Gasteiger partial charge in [-0.15, -0.1) is 0 Å². The van der Waals surface area contributed by atoms with Crippen LogP contribution < -0.4 is 10.1 Å². The van der Waals surface area contributed by atoms with E-state index < -0.39 is 0 Å². The van der Waals surface area contributed by atoms with E-state index in [1.165, 1.54) is 44.1 Å². The molecule has 0 saturated heterocycles. The zero-order valence-electron chi connectivity index (χ0n) is 15.6. The second-order valence-electron chi connectivity index (χ2n) is 7.36. The molecule has 0 radical (unpaired) electrons. The first-order valence-corrected chi connectivity index (χ1v) is 9.85. The molecular formula is C23H31NO. The number of benzene rings is 2. The Hall–Kier alpha value is -1.80. The van der Waals surface area contributed by atoms with Crippen molar-refractivity contribution < 1.29 is 4.74 Å². The summed E-state index contributed by atoms with van der Waals surface area (Å²) in [6.07, 6.45) is 7.81. The van der Waals surface area contributed by atoms with Gasteiger partial charge in [-0.05, 0) is 55.0 Å². The van der Waals surface area contributed by atoms with E-state index in [1.54, 1.807) is 0 Å². The van der Waals surface area contributed by atoms with Crippen LogP contribution in [-0.4, -0.2) is 6.04 Å². The Kier molecular flexibility index (Phi) is 6.52. The molecule has 0 spiro atoms. The van der Waals surface area contributed by atoms with E-state index in [9.17, 15) is 0 Å². The standard InChI is InChI=1S/C23H31NO/c1-3-9-23(24-22-13-8-7-10-18(22)2)19-14-16-21(17-15-19)25-20-11-5-4-6-12-20/h4-6,11-12,14-18,22-24H,3,7-10,13H2,1-2H3. The fourth-order valence-electron chi connectivity index (χ4n) is 3.85. The normalized spacial score (nSPS) is 21.7. The highest BCUT2D eigenvalue weighted by atomic mass is 16.5. The molecule has 1 aliphatic rings. The number of hydrogen-bond donors (Lipinski definition) is 1. The third kappa shape index (κ3) is 5.09. The molecule has 1 saturated carbocycles. The number of para-hydroxylation sites is 1. The average Bonchev–Trinajstić information content (AvgIpc) is 2.65. The molecule has 2 heteroatoms. The molecule has 3 atom stereocenters. The Balaban J connectivity index is 1.66. The summed E-state index contributed by atoms with van der Waals surface area (Å²) in [6, 6.07) is 19.7. The average molecular weight is 338 g/mol. The van der Waals surface area contributed by atoms with Crippen LogP contribution in [0.3, 0.4) is 0 Å². The van der Waals surface area contributed by atoms with Gasteiger partial charge in [-0.2, -0.15) is 0 Å². The zero-order chi connectivity index (χ0) is 17.5. The maximum atomic E-state index is 5.92. The Morgan fingerprint density at radius 1 is 0.960 bits per heavy atom. The second-order valence-corrected chi connectivity index (χ2v) is 7.36. The molecule has 1 N–H and O–H groups in total. The molecule has 0 amide bonds. The summed E-state index contributed by atoms with van der Waals surface area (Å²) in [6.45, 7) is 4.67. The summed E-state index contributed by atoms with van der Waals surface area (Å²) in [7, 11) is 0. The second kappa shape index (κ2) is 9.05. The van der Waals surface area contributed by atoms with Crippen molar-refractivity contribution in [2.24, 2.45) is 5.92 Å². The lowest BCUT2D eigenvalue weighted by atomic mass is 9.85. The molecule has 134 valence electrons. The van der Waals surface area contributed by atoms with Crippen LogP contribution in [0.15, 0.2) is 54.6 Å². The molecule has 2 aromatic rings. The SMILES string of the molecule is CCCC(NC1CCCCC1C)c1ccc(Oc2ccccc2)cc1. The minimum atomic E-state index is 0.446. The Morgan fingerprint density at radius 2 is 1.64 bits per heavy atom. The van der Waals surface area contributed by atoms with E-state index >= 15 is 0 Å². The van der Waals surface area contributed by atoms with Crippen LogP contribution in [0, 0.1) is 5.92 Å². The van der Waals surface area contributed by atoms with E-state index in [0.29, 0.717) is 12.1 Å². The van der Waals surface area contributed by atoms with Crippen molar-refractivity contribution in [1.82, 2.24) is 5.32 Å². The maximum absolute atomic E-state index is 5.92. The lowest BCUT2D eigenvalue weighted by molar-refractivity contribution is 0.253. The number of nitrogens with one attached hydrogen (secondary N) is 1. The van der Waals surface area contributed by atoms with E-state index in [2.05, 4.69) is 43.4 Å². The molecule has 3 rings (SSSR count). The first-order valence-electron chi connectivity index (χ1n) is 9.85. The summed E-state index contributed by atoms with van der Waals surface area (Å²) < 4.78 is 5.92. The van der Waals surface area contributed by atoms with Crippen molar-refractivity contribution in [2.75, 3.05) is 0 Å². The first kappa shape index (κ1) is 18.0. The van der Waals surface area contributed by atoms with E-state index in [-0.39, 0.29) is 0 Å². The Labute approximate surface area is 152 Å². The molecule has 3 unspecified atom stereocenters. The van der Waals surface area contributed by atoms with Gasteiger partial charge in [0.25, 0.3) is 0 Å². The molecule has 25 heavy (non-hydrogen) atoms. The topological polar surface area (TPSA) is 21.3 Å². The van der Waals surface area contributed by atoms with Gasteiger partial charge in [0.15, 0.2) is 0 Å². The molecule has 1 fully saturated rings. The monoisotopic (exact) mass is 337 g/mol. The Morgan fingerprint density at radius 3 is 2.32 bits per heavy atom. The van der Waals surface area contributed by atoms with Gasteiger partial charge >= 0.3 is 0 Å². The molecule has 2 nitrogen and oxygen atoms in total. The van der Waals surface area contributed by atoms with Gasteiger partial charge in [0.1, 0.15) is 11.5 Å². The number of rotatable bonds is 7. The van der Waals surface area contributed by atoms with Crippen molar-refractivity contribution >= 4 is 0 Å². The fourth-order valence-corrected chi connectivity index (χ4v) is 3.85. The molecule has 2 aromatic carbocycles. The van der Waals surface area contributed by atoms with Gasteiger partial charge in [0, 0.05) is 12.1 Å². The minimum absolute atomic E-state index is 0.446. The smallest absolute Gasteiger partial charge is 0.127 e. The van der Waals surface area contributed by atoms with Crippen molar-refractivity contribution in [3.8, 4) is 11.5 Å². The first-order chi connectivity index (χ1) is 12.3. The van der Waals surface area contributed by atoms with Gasteiger partial charge in [0.05, 0.1) is 0 Å². The van der Waals surface area contributed by atoms with Crippen molar-refractivity contribution in [3.05, 3.63) is 60.2 Å². The van der Waals surface area contributed by atoms with Crippen molar-refractivity contribution in [3.63, 3.8) is 0 Å². The molecule has 0 bridgehead atoms. The van der Waals surface area contributed by atoms with Crippen molar-refractivity contribution in [2.45, 2.75) is 64.5 Å². The lowest BCUT2D eigenvalue weighted by Crippen LogP contribution is -2.39. The van der Waals surface area contributed by atoms with Crippen LogP contribution in [0.1, 0.15) is 64.0 Å². The van der Waals surface area contributed by atoms with Gasteiger partial charge in [-0.3, -0.25) is 0 Å².